The summed E-state index contributed by atoms with van der Waals surface area (Å²) in [6.45, 7) is 3.11. The highest BCUT2D eigenvalue weighted by Crippen LogP contribution is 2.26. The fraction of sp³-hybridized carbons (Fsp3) is 0.538. The van der Waals surface area contributed by atoms with Crippen LogP contribution in [0.2, 0.25) is 0 Å². The van der Waals surface area contributed by atoms with Gasteiger partial charge in [-0.05, 0) is 17.7 Å². The summed E-state index contributed by atoms with van der Waals surface area (Å²) < 4.78 is 29.4. The van der Waals surface area contributed by atoms with E-state index in [1.807, 2.05) is 6.07 Å². The van der Waals surface area contributed by atoms with Crippen LogP contribution >= 0.6 is 0 Å². The molecule has 7 heteroatoms. The lowest BCUT2D eigenvalue weighted by molar-refractivity contribution is 0.182. The van der Waals surface area contributed by atoms with Crippen LogP contribution in [0, 0.1) is 0 Å². The average Bonchev–Trinajstić information content (AvgIpc) is 2.38. The van der Waals surface area contributed by atoms with Gasteiger partial charge in [-0.25, -0.2) is 8.42 Å². The van der Waals surface area contributed by atoms with Gasteiger partial charge in [0, 0.05) is 32.7 Å². The molecule has 1 aromatic carbocycles. The van der Waals surface area contributed by atoms with Gasteiger partial charge < -0.3 is 9.84 Å². The first-order valence-electron chi connectivity index (χ1n) is 6.43. The van der Waals surface area contributed by atoms with Gasteiger partial charge in [0.1, 0.15) is 0 Å². The van der Waals surface area contributed by atoms with Gasteiger partial charge >= 0.3 is 0 Å². The molecule has 1 heterocycles. The Hall–Kier alpha value is -1.31. The van der Waals surface area contributed by atoms with E-state index in [9.17, 15) is 13.5 Å². The molecule has 1 aliphatic rings. The van der Waals surface area contributed by atoms with Crippen LogP contribution < -0.4 is 4.74 Å². The number of hydrogen-bond donors (Lipinski definition) is 1. The SMILES string of the molecule is COc1ccc(CN2CCN(S(C)(=O)=O)CC2)cc1O. The predicted octanol–water partition coefficient (Wildman–Crippen LogP) is 0.478. The minimum Gasteiger partial charge on any atom is -0.504 e. The average molecular weight is 300 g/mol. The molecule has 2 rings (SSSR count). The molecule has 0 atom stereocenters. The number of piperazine rings is 1. The van der Waals surface area contributed by atoms with E-state index >= 15 is 0 Å². The molecule has 0 radical (unpaired) electrons. The number of ether oxygens (including phenoxy) is 1. The second-order valence-electron chi connectivity index (χ2n) is 4.94. The topological polar surface area (TPSA) is 70.1 Å². The van der Waals surface area contributed by atoms with Gasteiger partial charge in [0.15, 0.2) is 11.5 Å². The Bertz CT molecular complexity index is 566. The zero-order valence-electron chi connectivity index (χ0n) is 11.7. The van der Waals surface area contributed by atoms with Crippen molar-refractivity contribution in [2.75, 3.05) is 39.5 Å². The number of phenols is 1. The van der Waals surface area contributed by atoms with Gasteiger partial charge in [-0.15, -0.1) is 0 Å². The third-order valence-corrected chi connectivity index (χ3v) is 4.75. The lowest BCUT2D eigenvalue weighted by Crippen LogP contribution is -2.47. The van der Waals surface area contributed by atoms with Crippen LogP contribution in [-0.2, 0) is 16.6 Å². The summed E-state index contributed by atoms with van der Waals surface area (Å²) in [5.74, 6) is 0.579. The maximum Gasteiger partial charge on any atom is 0.211 e. The van der Waals surface area contributed by atoms with Gasteiger partial charge in [0.2, 0.25) is 10.0 Å². The number of hydrogen-bond acceptors (Lipinski definition) is 5. The van der Waals surface area contributed by atoms with E-state index in [0.29, 0.717) is 38.5 Å². The number of sulfonamides is 1. The normalized spacial score (nSPS) is 18.1. The monoisotopic (exact) mass is 300 g/mol. The molecule has 112 valence electrons. The second-order valence-corrected chi connectivity index (χ2v) is 6.93. The minimum absolute atomic E-state index is 0.125. The number of phenolic OH excluding ortho intramolecular Hbond substituents is 1. The van der Waals surface area contributed by atoms with E-state index in [4.69, 9.17) is 4.74 Å². The quantitative estimate of drug-likeness (QED) is 0.876. The lowest BCUT2D eigenvalue weighted by atomic mass is 10.2. The molecule has 1 saturated heterocycles. The second kappa shape index (κ2) is 5.99. The molecule has 0 spiro atoms. The number of rotatable bonds is 4. The Morgan fingerprint density at radius 2 is 1.90 bits per heavy atom. The van der Waals surface area contributed by atoms with Crippen LogP contribution in [0.25, 0.3) is 0 Å². The molecular weight excluding hydrogens is 280 g/mol. The van der Waals surface area contributed by atoms with Crippen molar-refractivity contribution in [3.05, 3.63) is 23.8 Å². The Labute approximate surface area is 119 Å². The lowest BCUT2D eigenvalue weighted by Gasteiger charge is -2.33. The van der Waals surface area contributed by atoms with E-state index in [1.54, 1.807) is 12.1 Å². The molecule has 6 nitrogen and oxygen atoms in total. The van der Waals surface area contributed by atoms with Crippen molar-refractivity contribution in [2.24, 2.45) is 0 Å². The maximum atomic E-state index is 11.4. The van der Waals surface area contributed by atoms with E-state index in [-0.39, 0.29) is 5.75 Å². The molecule has 1 fully saturated rings. The highest BCUT2D eigenvalue weighted by molar-refractivity contribution is 7.88. The van der Waals surface area contributed by atoms with Gasteiger partial charge in [-0.1, -0.05) is 6.07 Å². The number of nitrogens with zero attached hydrogens (tertiary/aromatic N) is 2. The Balaban J connectivity index is 1.94. The largest absolute Gasteiger partial charge is 0.504 e. The van der Waals surface area contributed by atoms with Crippen LogP contribution in [0.1, 0.15) is 5.56 Å². The number of methoxy groups -OCH3 is 1. The third kappa shape index (κ3) is 3.62. The smallest absolute Gasteiger partial charge is 0.211 e. The highest BCUT2D eigenvalue weighted by Gasteiger charge is 2.23. The molecule has 0 unspecified atom stereocenters. The Kier molecular flexibility index (Phi) is 4.52. The molecule has 1 aromatic rings. The summed E-state index contributed by atoms with van der Waals surface area (Å²) in [7, 11) is -1.57. The van der Waals surface area contributed by atoms with Gasteiger partial charge in [0.05, 0.1) is 13.4 Å². The standard InChI is InChI=1S/C13H20N2O4S/c1-19-13-4-3-11(9-12(13)16)10-14-5-7-15(8-6-14)20(2,17)18/h3-4,9,16H,5-8,10H2,1-2H3. The van der Waals surface area contributed by atoms with Crippen molar-refractivity contribution in [2.45, 2.75) is 6.54 Å². The predicted molar refractivity (Wildman–Crippen MR) is 76.4 cm³/mol. The maximum absolute atomic E-state index is 11.4. The Morgan fingerprint density at radius 3 is 2.40 bits per heavy atom. The van der Waals surface area contributed by atoms with Crippen LogP contribution in [0.3, 0.4) is 0 Å². The zero-order chi connectivity index (χ0) is 14.8. The summed E-state index contributed by atoms with van der Waals surface area (Å²) in [6, 6.07) is 5.32. The van der Waals surface area contributed by atoms with Crippen molar-refractivity contribution in [1.29, 1.82) is 0 Å². The molecule has 1 N–H and O–H groups in total. The van der Waals surface area contributed by atoms with E-state index in [2.05, 4.69) is 4.90 Å². The third-order valence-electron chi connectivity index (χ3n) is 3.45. The first-order chi connectivity index (χ1) is 9.40. The van der Waals surface area contributed by atoms with Crippen LogP contribution in [0.5, 0.6) is 11.5 Å². The van der Waals surface area contributed by atoms with Gasteiger partial charge in [-0.3, -0.25) is 4.90 Å². The minimum atomic E-state index is -3.09. The first-order valence-corrected chi connectivity index (χ1v) is 8.28. The fourth-order valence-electron chi connectivity index (χ4n) is 2.31. The summed E-state index contributed by atoms with van der Waals surface area (Å²) in [6.07, 6.45) is 1.24. The molecule has 0 amide bonds. The molecule has 0 aliphatic carbocycles. The van der Waals surface area contributed by atoms with Gasteiger partial charge in [0.25, 0.3) is 0 Å². The number of aromatic hydroxyl groups is 1. The summed E-state index contributed by atoms with van der Waals surface area (Å²) in [5.41, 5.74) is 0.983. The van der Waals surface area contributed by atoms with Crippen molar-refractivity contribution in [3.63, 3.8) is 0 Å². The molecule has 0 aromatic heterocycles. The van der Waals surface area contributed by atoms with Crippen LogP contribution in [-0.4, -0.2) is 62.3 Å². The van der Waals surface area contributed by atoms with E-state index < -0.39 is 10.0 Å². The molecule has 0 saturated carbocycles. The van der Waals surface area contributed by atoms with Crippen molar-refractivity contribution in [3.8, 4) is 11.5 Å². The van der Waals surface area contributed by atoms with Crippen molar-refractivity contribution < 1.29 is 18.3 Å². The molecule has 0 bridgehead atoms. The Morgan fingerprint density at radius 1 is 1.25 bits per heavy atom. The molecular formula is C13H20N2O4S. The van der Waals surface area contributed by atoms with Gasteiger partial charge in [-0.2, -0.15) is 4.31 Å². The summed E-state index contributed by atoms with van der Waals surface area (Å²) in [4.78, 5) is 2.17. The summed E-state index contributed by atoms with van der Waals surface area (Å²) >= 11 is 0. The van der Waals surface area contributed by atoms with Crippen molar-refractivity contribution in [1.82, 2.24) is 9.21 Å². The fourth-order valence-corrected chi connectivity index (χ4v) is 3.14. The number of benzene rings is 1. The van der Waals surface area contributed by atoms with Crippen LogP contribution in [0.4, 0.5) is 0 Å². The molecule has 1 aliphatic heterocycles. The van der Waals surface area contributed by atoms with Crippen molar-refractivity contribution >= 4 is 10.0 Å². The van der Waals surface area contributed by atoms with E-state index in [1.165, 1.54) is 17.7 Å². The highest BCUT2D eigenvalue weighted by atomic mass is 32.2. The first kappa shape index (κ1) is 15.1. The van der Waals surface area contributed by atoms with Crippen LogP contribution in [0.15, 0.2) is 18.2 Å². The zero-order valence-corrected chi connectivity index (χ0v) is 12.6. The van der Waals surface area contributed by atoms with E-state index in [0.717, 1.165) is 5.56 Å². The summed E-state index contributed by atoms with van der Waals surface area (Å²) in [5, 5.41) is 9.74. The molecule has 20 heavy (non-hydrogen) atoms.